The van der Waals surface area contributed by atoms with Gasteiger partial charge in [0, 0.05) is 38.0 Å². The van der Waals surface area contributed by atoms with E-state index in [0.717, 1.165) is 24.0 Å². The molecule has 5 amide bonds. The molecular weight excluding hydrogens is 416 g/mol. The Kier molecular flexibility index (Phi) is 7.69. The zero-order valence-electron chi connectivity index (χ0n) is 17.6. The monoisotopic (exact) mass is 442 g/mol. The molecule has 3 rings (SSSR count). The second kappa shape index (κ2) is 10.7. The van der Waals surface area contributed by atoms with E-state index in [1.54, 1.807) is 18.2 Å². The van der Waals surface area contributed by atoms with E-state index in [4.69, 9.17) is 0 Å². The van der Waals surface area contributed by atoms with E-state index >= 15 is 0 Å². The molecule has 2 heterocycles. The minimum absolute atomic E-state index is 0.0720. The van der Waals surface area contributed by atoms with Crippen LogP contribution in [0.4, 0.5) is 5.69 Å². The third-order valence-electron chi connectivity index (χ3n) is 5.44. The van der Waals surface area contributed by atoms with Crippen LogP contribution in [0.5, 0.6) is 0 Å². The van der Waals surface area contributed by atoms with E-state index in [0.29, 0.717) is 38.0 Å². The van der Waals surface area contributed by atoms with Crippen molar-refractivity contribution >= 4 is 41.5 Å². The van der Waals surface area contributed by atoms with Crippen molar-refractivity contribution in [3.63, 3.8) is 0 Å². The van der Waals surface area contributed by atoms with Gasteiger partial charge >= 0.3 is 0 Å². The molecule has 10 nitrogen and oxygen atoms in total. The van der Waals surface area contributed by atoms with E-state index in [1.807, 2.05) is 0 Å². The smallest absolute Gasteiger partial charge is 0.264 e. The van der Waals surface area contributed by atoms with Gasteiger partial charge in [0.25, 0.3) is 11.8 Å². The van der Waals surface area contributed by atoms with Crippen molar-refractivity contribution in [3.8, 4) is 0 Å². The molecule has 2 aliphatic heterocycles. The molecule has 1 atom stereocenters. The van der Waals surface area contributed by atoms with Gasteiger partial charge in [-0.25, -0.2) is 0 Å². The van der Waals surface area contributed by atoms with Crippen LogP contribution in [-0.4, -0.2) is 59.9 Å². The Morgan fingerprint density at radius 1 is 1.09 bits per heavy atom. The number of carbonyl (C=O) groups excluding carboxylic acids is 6. The summed E-state index contributed by atoms with van der Waals surface area (Å²) in [6.45, 7) is 1.03. The number of carbonyl (C=O) groups is 6. The second-order valence-corrected chi connectivity index (χ2v) is 7.72. The molecule has 0 aliphatic carbocycles. The zero-order chi connectivity index (χ0) is 23.1. The van der Waals surface area contributed by atoms with Crippen molar-refractivity contribution in [2.24, 2.45) is 0 Å². The van der Waals surface area contributed by atoms with Gasteiger partial charge in [-0.3, -0.25) is 34.2 Å². The first-order valence-electron chi connectivity index (χ1n) is 10.7. The lowest BCUT2D eigenvalue weighted by Gasteiger charge is -2.27. The summed E-state index contributed by atoms with van der Waals surface area (Å²) in [5.41, 5.74) is 0.964. The van der Waals surface area contributed by atoms with Crippen molar-refractivity contribution in [2.75, 3.05) is 18.4 Å². The Labute approximate surface area is 185 Å². The van der Waals surface area contributed by atoms with E-state index < -0.39 is 29.7 Å². The lowest BCUT2D eigenvalue weighted by molar-refractivity contribution is -0.136. The molecule has 0 saturated carbocycles. The average Bonchev–Trinajstić information content (AvgIpc) is 3.02. The van der Waals surface area contributed by atoms with Crippen LogP contribution < -0.4 is 16.0 Å². The summed E-state index contributed by atoms with van der Waals surface area (Å²) in [7, 11) is 0. The summed E-state index contributed by atoms with van der Waals surface area (Å²) in [5.74, 6) is -2.23. The fraction of sp³-hybridized carbons (Fsp3) is 0.455. The van der Waals surface area contributed by atoms with Crippen LogP contribution in [0.1, 0.15) is 65.7 Å². The van der Waals surface area contributed by atoms with E-state index in [2.05, 4.69) is 16.0 Å². The van der Waals surface area contributed by atoms with Crippen LogP contribution in [0.25, 0.3) is 0 Å². The standard InChI is InChI=1S/C22H26N4O6/c27-13-4-1-8-17(28)24-12-3-2-11-23-15-7-5-6-14-19(15)22(32)26(21(14)31)16-9-10-18(29)25-20(16)30/h5-7,13,16,23H,1-4,8-12H2,(H,24,28)(H,25,29,30). The van der Waals surface area contributed by atoms with Crippen LogP contribution in [0, 0.1) is 0 Å². The summed E-state index contributed by atoms with van der Waals surface area (Å²) in [5, 5.41) is 8.14. The van der Waals surface area contributed by atoms with Gasteiger partial charge in [-0.05, 0) is 37.8 Å². The molecule has 170 valence electrons. The Morgan fingerprint density at radius 3 is 2.62 bits per heavy atom. The van der Waals surface area contributed by atoms with Gasteiger partial charge in [-0.2, -0.15) is 0 Å². The fourth-order valence-corrected chi connectivity index (χ4v) is 3.80. The minimum Gasteiger partial charge on any atom is -0.384 e. The summed E-state index contributed by atoms with van der Waals surface area (Å²) < 4.78 is 0. The average molecular weight is 442 g/mol. The number of nitrogens with one attached hydrogen (secondary N) is 3. The summed E-state index contributed by atoms with van der Waals surface area (Å²) in [6, 6.07) is 3.92. The summed E-state index contributed by atoms with van der Waals surface area (Å²) >= 11 is 0. The number of unbranched alkanes of at least 4 members (excludes halogenated alkanes) is 2. The van der Waals surface area contributed by atoms with E-state index in [-0.39, 0.29) is 29.9 Å². The highest BCUT2D eigenvalue weighted by molar-refractivity contribution is 6.25. The molecule has 0 radical (unpaired) electrons. The lowest BCUT2D eigenvalue weighted by Crippen LogP contribution is -2.54. The Bertz CT molecular complexity index is 944. The number of hydrogen-bond donors (Lipinski definition) is 3. The Hall–Kier alpha value is -3.56. The first kappa shape index (κ1) is 23.1. The van der Waals surface area contributed by atoms with Crippen LogP contribution >= 0.6 is 0 Å². The molecule has 1 aromatic carbocycles. The number of anilines is 1. The summed E-state index contributed by atoms with van der Waals surface area (Å²) in [4.78, 5) is 72.2. The van der Waals surface area contributed by atoms with Gasteiger partial charge in [0.1, 0.15) is 12.3 Å². The Morgan fingerprint density at radius 2 is 1.88 bits per heavy atom. The number of aldehydes is 1. The highest BCUT2D eigenvalue weighted by Crippen LogP contribution is 2.32. The van der Waals surface area contributed by atoms with Crippen molar-refractivity contribution in [3.05, 3.63) is 29.3 Å². The molecule has 32 heavy (non-hydrogen) atoms. The number of piperidine rings is 1. The van der Waals surface area contributed by atoms with Crippen molar-refractivity contribution in [1.29, 1.82) is 0 Å². The zero-order valence-corrected chi connectivity index (χ0v) is 17.6. The quantitative estimate of drug-likeness (QED) is 0.261. The van der Waals surface area contributed by atoms with E-state index in [9.17, 15) is 28.8 Å². The van der Waals surface area contributed by atoms with E-state index in [1.165, 1.54) is 0 Å². The largest absolute Gasteiger partial charge is 0.384 e. The molecule has 3 N–H and O–H groups in total. The first-order valence-corrected chi connectivity index (χ1v) is 10.7. The topological polar surface area (TPSA) is 142 Å². The number of rotatable bonds is 11. The molecule has 0 aromatic heterocycles. The van der Waals surface area contributed by atoms with Crippen molar-refractivity contribution < 1.29 is 28.8 Å². The maximum absolute atomic E-state index is 13.0. The number of fused-ring (bicyclic) bond motifs is 1. The number of hydrogen-bond acceptors (Lipinski definition) is 7. The van der Waals surface area contributed by atoms with Gasteiger partial charge in [0.05, 0.1) is 11.1 Å². The maximum Gasteiger partial charge on any atom is 0.264 e. The molecular formula is C22H26N4O6. The van der Waals surface area contributed by atoms with Gasteiger partial charge in [0.15, 0.2) is 0 Å². The number of amides is 5. The molecule has 0 spiro atoms. The predicted molar refractivity (Wildman–Crippen MR) is 114 cm³/mol. The highest BCUT2D eigenvalue weighted by atomic mass is 16.2. The molecule has 1 unspecified atom stereocenters. The SMILES string of the molecule is O=CCCCC(=O)NCCCCNc1cccc2c1C(=O)N(C1CCC(=O)NC1=O)C2=O. The highest BCUT2D eigenvalue weighted by Gasteiger charge is 2.45. The third kappa shape index (κ3) is 5.19. The van der Waals surface area contributed by atoms with Crippen LogP contribution in [-0.2, 0) is 19.2 Å². The van der Waals surface area contributed by atoms with Crippen LogP contribution in [0.3, 0.4) is 0 Å². The van der Waals surface area contributed by atoms with Gasteiger partial charge in [0.2, 0.25) is 17.7 Å². The van der Waals surface area contributed by atoms with Gasteiger partial charge < -0.3 is 15.4 Å². The van der Waals surface area contributed by atoms with Gasteiger partial charge in [-0.15, -0.1) is 0 Å². The second-order valence-electron chi connectivity index (χ2n) is 7.72. The first-order chi connectivity index (χ1) is 15.4. The molecule has 1 aromatic rings. The lowest BCUT2D eigenvalue weighted by atomic mass is 10.0. The van der Waals surface area contributed by atoms with Gasteiger partial charge in [-0.1, -0.05) is 6.07 Å². The number of benzene rings is 1. The molecule has 10 heteroatoms. The van der Waals surface area contributed by atoms with Crippen molar-refractivity contribution in [1.82, 2.24) is 15.5 Å². The molecule has 2 aliphatic rings. The van der Waals surface area contributed by atoms with Crippen molar-refractivity contribution in [2.45, 2.75) is 51.0 Å². The predicted octanol–water partition coefficient (Wildman–Crippen LogP) is 0.765. The summed E-state index contributed by atoms with van der Waals surface area (Å²) in [6.07, 6.45) is 3.66. The fourth-order valence-electron chi connectivity index (χ4n) is 3.80. The maximum atomic E-state index is 13.0. The minimum atomic E-state index is -0.997. The number of imide groups is 2. The Balaban J connectivity index is 1.53. The number of nitrogens with zero attached hydrogens (tertiary/aromatic N) is 1. The third-order valence-corrected chi connectivity index (χ3v) is 5.44. The molecule has 0 bridgehead atoms. The van der Waals surface area contributed by atoms with Crippen LogP contribution in [0.2, 0.25) is 0 Å². The molecule has 1 fully saturated rings. The normalized spacial score (nSPS) is 17.8. The molecule has 1 saturated heterocycles. The van der Waals surface area contributed by atoms with Crippen LogP contribution in [0.15, 0.2) is 18.2 Å².